The summed E-state index contributed by atoms with van der Waals surface area (Å²) in [5.41, 5.74) is 1.68. The van der Waals surface area contributed by atoms with E-state index in [2.05, 4.69) is 10.6 Å². The predicted octanol–water partition coefficient (Wildman–Crippen LogP) is 1.88. The lowest BCUT2D eigenvalue weighted by Gasteiger charge is -2.38. The maximum Gasteiger partial charge on any atom is 0.123 e. The summed E-state index contributed by atoms with van der Waals surface area (Å²) in [6.07, 6.45) is 2.45. The van der Waals surface area contributed by atoms with Gasteiger partial charge in [-0.2, -0.15) is 0 Å². The third-order valence-corrected chi connectivity index (χ3v) is 4.44. The fourth-order valence-electron chi connectivity index (χ4n) is 3.42. The van der Waals surface area contributed by atoms with Crippen LogP contribution in [0.5, 0.6) is 0 Å². The molecule has 1 atom stereocenters. The third kappa shape index (κ3) is 1.98. The fourth-order valence-corrected chi connectivity index (χ4v) is 3.42. The monoisotopic (exact) mass is 234 g/mol. The minimum Gasteiger partial charge on any atom is -0.317 e. The maximum absolute atomic E-state index is 13.0. The highest BCUT2D eigenvalue weighted by atomic mass is 19.1. The Hall–Kier alpha value is -0.930. The average molecular weight is 234 g/mol. The average Bonchev–Trinajstić information content (AvgIpc) is 2.75. The van der Waals surface area contributed by atoms with Gasteiger partial charge in [-0.25, -0.2) is 4.39 Å². The molecule has 1 aromatic rings. The fraction of sp³-hybridized carbons (Fsp3) is 0.571. The van der Waals surface area contributed by atoms with Gasteiger partial charge in [0.05, 0.1) is 0 Å². The quantitative estimate of drug-likeness (QED) is 0.775. The van der Waals surface area contributed by atoms with Gasteiger partial charge in [-0.1, -0.05) is 12.1 Å². The predicted molar refractivity (Wildman–Crippen MR) is 66.5 cm³/mol. The van der Waals surface area contributed by atoms with E-state index >= 15 is 0 Å². The van der Waals surface area contributed by atoms with E-state index in [-0.39, 0.29) is 5.82 Å². The summed E-state index contributed by atoms with van der Waals surface area (Å²) in [4.78, 5) is 0. The van der Waals surface area contributed by atoms with Crippen LogP contribution in [0.4, 0.5) is 4.39 Å². The van der Waals surface area contributed by atoms with Crippen molar-refractivity contribution in [2.24, 2.45) is 5.41 Å². The van der Waals surface area contributed by atoms with E-state index < -0.39 is 0 Å². The molecule has 0 aromatic heterocycles. The smallest absolute Gasteiger partial charge is 0.123 e. The number of nitrogens with one attached hydrogen (secondary N) is 2. The number of hydrogen-bond acceptors (Lipinski definition) is 2. The lowest BCUT2D eigenvalue weighted by Crippen LogP contribution is -2.41. The van der Waals surface area contributed by atoms with Crippen molar-refractivity contribution in [3.05, 3.63) is 35.6 Å². The molecule has 2 saturated heterocycles. The Morgan fingerprint density at radius 2 is 1.76 bits per heavy atom. The first-order valence-corrected chi connectivity index (χ1v) is 6.47. The summed E-state index contributed by atoms with van der Waals surface area (Å²) in [5.74, 6) is 0.407. The lowest BCUT2D eigenvalue weighted by molar-refractivity contribution is 0.201. The van der Waals surface area contributed by atoms with Crippen molar-refractivity contribution < 1.29 is 4.39 Å². The highest BCUT2D eigenvalue weighted by Gasteiger charge is 2.43. The largest absolute Gasteiger partial charge is 0.317 e. The first-order chi connectivity index (χ1) is 8.30. The molecule has 0 amide bonds. The van der Waals surface area contributed by atoms with E-state index in [0.29, 0.717) is 11.3 Å². The van der Waals surface area contributed by atoms with E-state index in [0.717, 1.165) is 26.2 Å². The van der Waals surface area contributed by atoms with Gasteiger partial charge < -0.3 is 10.6 Å². The van der Waals surface area contributed by atoms with Crippen molar-refractivity contribution in [1.82, 2.24) is 10.6 Å². The molecule has 3 heteroatoms. The maximum atomic E-state index is 13.0. The molecule has 1 spiro atoms. The second kappa shape index (κ2) is 4.39. The van der Waals surface area contributed by atoms with Gasteiger partial charge in [0.25, 0.3) is 0 Å². The van der Waals surface area contributed by atoms with E-state index in [1.807, 2.05) is 12.1 Å². The second-order valence-corrected chi connectivity index (χ2v) is 5.35. The molecular weight excluding hydrogens is 215 g/mol. The number of rotatable bonds is 1. The Balaban J connectivity index is 1.88. The Kier molecular flexibility index (Phi) is 2.89. The van der Waals surface area contributed by atoms with Gasteiger partial charge in [-0.3, -0.25) is 0 Å². The summed E-state index contributed by atoms with van der Waals surface area (Å²) >= 11 is 0. The minimum absolute atomic E-state index is 0.140. The van der Waals surface area contributed by atoms with Crippen LogP contribution in [0, 0.1) is 11.2 Å². The van der Waals surface area contributed by atoms with Gasteiger partial charge in [0.15, 0.2) is 0 Å². The van der Waals surface area contributed by atoms with E-state index in [1.54, 1.807) is 12.1 Å². The van der Waals surface area contributed by atoms with Crippen molar-refractivity contribution in [2.45, 2.75) is 18.8 Å². The van der Waals surface area contributed by atoms with Gasteiger partial charge in [-0.15, -0.1) is 0 Å². The molecule has 2 aliphatic heterocycles. The standard InChI is InChI=1S/C14H19FN2/c15-12-3-1-11(2-4-12)13-9-17-10-14(13)5-7-16-8-6-14/h1-4,13,16-17H,5-10H2. The minimum atomic E-state index is -0.140. The molecule has 17 heavy (non-hydrogen) atoms. The molecule has 92 valence electrons. The first kappa shape index (κ1) is 11.2. The molecular formula is C14H19FN2. The molecule has 0 saturated carbocycles. The van der Waals surface area contributed by atoms with Crippen molar-refractivity contribution in [3.8, 4) is 0 Å². The van der Waals surface area contributed by atoms with Crippen LogP contribution in [0.25, 0.3) is 0 Å². The highest BCUT2D eigenvalue weighted by molar-refractivity contribution is 5.26. The van der Waals surface area contributed by atoms with Crippen LogP contribution in [0.2, 0.25) is 0 Å². The molecule has 2 aliphatic rings. The molecule has 2 heterocycles. The van der Waals surface area contributed by atoms with Gasteiger partial charge in [0.2, 0.25) is 0 Å². The first-order valence-electron chi connectivity index (χ1n) is 6.47. The summed E-state index contributed by atoms with van der Waals surface area (Å²) in [7, 11) is 0. The van der Waals surface area contributed by atoms with Crippen LogP contribution in [-0.2, 0) is 0 Å². The van der Waals surface area contributed by atoms with Crippen LogP contribution >= 0.6 is 0 Å². The Morgan fingerprint density at radius 3 is 2.47 bits per heavy atom. The van der Waals surface area contributed by atoms with Crippen molar-refractivity contribution in [2.75, 3.05) is 26.2 Å². The molecule has 1 aromatic carbocycles. The zero-order valence-corrected chi connectivity index (χ0v) is 10.0. The zero-order valence-electron chi connectivity index (χ0n) is 10.0. The molecule has 2 nitrogen and oxygen atoms in total. The van der Waals surface area contributed by atoms with Crippen molar-refractivity contribution in [3.63, 3.8) is 0 Å². The number of hydrogen-bond donors (Lipinski definition) is 2. The summed E-state index contributed by atoms with van der Waals surface area (Å²) < 4.78 is 13.0. The Morgan fingerprint density at radius 1 is 1.06 bits per heavy atom. The van der Waals surface area contributed by atoms with Gasteiger partial charge in [0, 0.05) is 19.0 Å². The van der Waals surface area contributed by atoms with Crippen molar-refractivity contribution >= 4 is 0 Å². The summed E-state index contributed by atoms with van der Waals surface area (Å²) in [6.45, 7) is 4.36. The van der Waals surface area contributed by atoms with Crippen LogP contribution < -0.4 is 10.6 Å². The molecule has 0 radical (unpaired) electrons. The third-order valence-electron chi connectivity index (χ3n) is 4.44. The van der Waals surface area contributed by atoms with E-state index in [1.165, 1.54) is 18.4 Å². The summed E-state index contributed by atoms with van der Waals surface area (Å²) in [6, 6.07) is 7.08. The molecule has 3 rings (SSSR count). The van der Waals surface area contributed by atoms with Crippen molar-refractivity contribution in [1.29, 1.82) is 0 Å². The number of benzene rings is 1. The van der Waals surface area contributed by atoms with E-state index in [4.69, 9.17) is 0 Å². The molecule has 1 unspecified atom stereocenters. The van der Waals surface area contributed by atoms with Crippen LogP contribution in [0.3, 0.4) is 0 Å². The van der Waals surface area contributed by atoms with E-state index in [9.17, 15) is 4.39 Å². The topological polar surface area (TPSA) is 24.1 Å². The SMILES string of the molecule is Fc1ccc(C2CNCC23CCNCC3)cc1. The highest BCUT2D eigenvalue weighted by Crippen LogP contribution is 2.45. The second-order valence-electron chi connectivity index (χ2n) is 5.35. The number of halogens is 1. The van der Waals surface area contributed by atoms with Crippen LogP contribution in [0.1, 0.15) is 24.3 Å². The zero-order chi connectivity index (χ0) is 11.7. The van der Waals surface area contributed by atoms with Crippen LogP contribution in [0.15, 0.2) is 24.3 Å². The lowest BCUT2D eigenvalue weighted by atomic mass is 9.69. The van der Waals surface area contributed by atoms with Gasteiger partial charge >= 0.3 is 0 Å². The van der Waals surface area contributed by atoms with Crippen LogP contribution in [-0.4, -0.2) is 26.2 Å². The normalized spacial score (nSPS) is 27.5. The Bertz CT molecular complexity index is 382. The molecule has 2 fully saturated rings. The molecule has 2 N–H and O–H groups in total. The number of piperidine rings is 1. The van der Waals surface area contributed by atoms with Gasteiger partial charge in [-0.05, 0) is 49.0 Å². The molecule has 0 bridgehead atoms. The van der Waals surface area contributed by atoms with Gasteiger partial charge in [0.1, 0.15) is 5.82 Å². The molecule has 0 aliphatic carbocycles. The summed E-state index contributed by atoms with van der Waals surface area (Å²) in [5, 5.41) is 6.95. The Labute approximate surface area is 102 Å².